The lowest BCUT2D eigenvalue weighted by molar-refractivity contribution is 0.0709. The van der Waals surface area contributed by atoms with Gasteiger partial charge in [0.2, 0.25) is 0 Å². The molecule has 1 aromatic rings. The van der Waals surface area contributed by atoms with Crippen molar-refractivity contribution < 1.29 is 14.6 Å². The standard InChI is InChI=1S/C18H31NO3/c1-7-19(8-2)12-14(20)13-22-17-10-9-15(21-6)11-16(17)18(3,4)5/h9-11,14,20H,7-8,12-13H2,1-6H3. The lowest BCUT2D eigenvalue weighted by Gasteiger charge is -2.25. The summed E-state index contributed by atoms with van der Waals surface area (Å²) in [7, 11) is 1.66. The van der Waals surface area contributed by atoms with Gasteiger partial charge in [-0.2, -0.15) is 0 Å². The molecule has 0 aliphatic rings. The van der Waals surface area contributed by atoms with Gasteiger partial charge >= 0.3 is 0 Å². The predicted molar refractivity (Wildman–Crippen MR) is 91.0 cm³/mol. The zero-order valence-corrected chi connectivity index (χ0v) is 14.8. The van der Waals surface area contributed by atoms with Gasteiger partial charge < -0.3 is 19.5 Å². The van der Waals surface area contributed by atoms with Gasteiger partial charge in [0, 0.05) is 12.1 Å². The van der Waals surface area contributed by atoms with E-state index >= 15 is 0 Å². The Labute approximate surface area is 135 Å². The molecule has 0 amide bonds. The molecule has 0 aliphatic heterocycles. The highest BCUT2D eigenvalue weighted by atomic mass is 16.5. The SMILES string of the molecule is CCN(CC)CC(O)COc1ccc(OC)cc1C(C)(C)C. The van der Waals surface area contributed by atoms with Gasteiger partial charge in [-0.3, -0.25) is 0 Å². The van der Waals surface area contributed by atoms with Crippen LogP contribution in [-0.2, 0) is 5.41 Å². The lowest BCUT2D eigenvalue weighted by Crippen LogP contribution is -2.35. The molecule has 4 nitrogen and oxygen atoms in total. The first-order chi connectivity index (χ1) is 10.3. The molecule has 1 rings (SSSR count). The van der Waals surface area contributed by atoms with Crippen LogP contribution in [0, 0.1) is 0 Å². The van der Waals surface area contributed by atoms with E-state index in [4.69, 9.17) is 9.47 Å². The Hall–Kier alpha value is -1.26. The van der Waals surface area contributed by atoms with Crippen LogP contribution in [0.1, 0.15) is 40.2 Å². The second-order valence-electron chi connectivity index (χ2n) is 6.56. The van der Waals surface area contributed by atoms with Crippen molar-refractivity contribution in [3.05, 3.63) is 23.8 Å². The van der Waals surface area contributed by atoms with Crippen LogP contribution in [0.2, 0.25) is 0 Å². The fraction of sp³-hybridized carbons (Fsp3) is 0.667. The Kier molecular flexibility index (Phi) is 7.17. The molecule has 22 heavy (non-hydrogen) atoms. The monoisotopic (exact) mass is 309 g/mol. The zero-order chi connectivity index (χ0) is 16.8. The zero-order valence-electron chi connectivity index (χ0n) is 14.8. The van der Waals surface area contributed by atoms with Crippen molar-refractivity contribution in [1.82, 2.24) is 4.90 Å². The molecule has 1 atom stereocenters. The van der Waals surface area contributed by atoms with Crippen molar-refractivity contribution in [3.8, 4) is 11.5 Å². The minimum atomic E-state index is -0.491. The number of aliphatic hydroxyl groups excluding tert-OH is 1. The Morgan fingerprint density at radius 2 is 1.82 bits per heavy atom. The van der Waals surface area contributed by atoms with E-state index in [1.807, 2.05) is 18.2 Å². The molecular formula is C18H31NO3. The summed E-state index contributed by atoms with van der Waals surface area (Å²) in [4.78, 5) is 2.19. The fourth-order valence-electron chi connectivity index (χ4n) is 2.37. The first kappa shape index (κ1) is 18.8. The van der Waals surface area contributed by atoms with Gasteiger partial charge in [-0.05, 0) is 36.7 Å². The number of aliphatic hydroxyl groups is 1. The number of nitrogens with zero attached hydrogens (tertiary/aromatic N) is 1. The average Bonchev–Trinajstić information content (AvgIpc) is 2.49. The van der Waals surface area contributed by atoms with Gasteiger partial charge in [0.1, 0.15) is 24.2 Å². The Morgan fingerprint density at radius 3 is 2.32 bits per heavy atom. The number of likely N-dealkylation sites (N-methyl/N-ethyl adjacent to an activating group) is 1. The van der Waals surface area contributed by atoms with Gasteiger partial charge in [0.05, 0.1) is 7.11 Å². The highest BCUT2D eigenvalue weighted by molar-refractivity contribution is 5.44. The maximum Gasteiger partial charge on any atom is 0.123 e. The summed E-state index contributed by atoms with van der Waals surface area (Å²) in [6.45, 7) is 13.4. The molecule has 4 heteroatoms. The van der Waals surface area contributed by atoms with Crippen LogP contribution in [0.15, 0.2) is 18.2 Å². The highest BCUT2D eigenvalue weighted by Gasteiger charge is 2.21. The molecule has 1 aromatic carbocycles. The quantitative estimate of drug-likeness (QED) is 0.801. The number of benzene rings is 1. The van der Waals surface area contributed by atoms with Gasteiger partial charge in [-0.1, -0.05) is 34.6 Å². The normalized spacial score (nSPS) is 13.3. The van der Waals surface area contributed by atoms with Crippen molar-refractivity contribution in [3.63, 3.8) is 0 Å². The molecule has 126 valence electrons. The molecule has 0 aliphatic carbocycles. The number of methoxy groups -OCH3 is 1. The van der Waals surface area contributed by atoms with Crippen molar-refractivity contribution in [2.24, 2.45) is 0 Å². The summed E-state index contributed by atoms with van der Waals surface area (Å²) < 4.78 is 11.2. The van der Waals surface area contributed by atoms with E-state index in [9.17, 15) is 5.11 Å². The molecule has 0 aromatic heterocycles. The predicted octanol–water partition coefficient (Wildman–Crippen LogP) is 3.07. The first-order valence-corrected chi connectivity index (χ1v) is 8.03. The van der Waals surface area contributed by atoms with E-state index in [2.05, 4.69) is 39.5 Å². The van der Waals surface area contributed by atoms with Crippen molar-refractivity contribution in [2.45, 2.75) is 46.1 Å². The summed E-state index contributed by atoms with van der Waals surface area (Å²) >= 11 is 0. The largest absolute Gasteiger partial charge is 0.497 e. The van der Waals surface area contributed by atoms with Gasteiger partial charge in [0.25, 0.3) is 0 Å². The van der Waals surface area contributed by atoms with Crippen molar-refractivity contribution in [2.75, 3.05) is 33.4 Å². The van der Waals surface area contributed by atoms with Crippen molar-refractivity contribution >= 4 is 0 Å². The molecule has 0 fully saturated rings. The minimum Gasteiger partial charge on any atom is -0.497 e. The van der Waals surface area contributed by atoms with Crippen LogP contribution >= 0.6 is 0 Å². The third-order valence-electron chi connectivity index (χ3n) is 3.79. The number of rotatable bonds is 8. The molecule has 0 saturated heterocycles. The van der Waals surface area contributed by atoms with E-state index in [0.29, 0.717) is 13.2 Å². The lowest BCUT2D eigenvalue weighted by atomic mass is 9.86. The van der Waals surface area contributed by atoms with Crippen molar-refractivity contribution in [1.29, 1.82) is 0 Å². The highest BCUT2D eigenvalue weighted by Crippen LogP contribution is 2.34. The number of ether oxygens (including phenoxy) is 2. The van der Waals surface area contributed by atoms with E-state index in [0.717, 1.165) is 30.2 Å². The second kappa shape index (κ2) is 8.39. The average molecular weight is 309 g/mol. The molecule has 1 N–H and O–H groups in total. The molecule has 0 saturated carbocycles. The van der Waals surface area contributed by atoms with E-state index in [1.165, 1.54) is 0 Å². The maximum atomic E-state index is 10.1. The summed E-state index contributed by atoms with van der Waals surface area (Å²) in [5, 5.41) is 10.1. The van der Waals surface area contributed by atoms with Gasteiger partial charge in [0.15, 0.2) is 0 Å². The molecule has 0 bridgehead atoms. The second-order valence-corrected chi connectivity index (χ2v) is 6.56. The summed E-state index contributed by atoms with van der Waals surface area (Å²) in [5.41, 5.74) is 1.04. The summed E-state index contributed by atoms with van der Waals surface area (Å²) in [6.07, 6.45) is -0.491. The summed E-state index contributed by atoms with van der Waals surface area (Å²) in [5.74, 6) is 1.63. The summed E-state index contributed by atoms with van der Waals surface area (Å²) in [6, 6.07) is 5.82. The third kappa shape index (κ3) is 5.50. The Bertz CT molecular complexity index is 450. The van der Waals surface area contributed by atoms with Crippen LogP contribution in [0.3, 0.4) is 0 Å². The van der Waals surface area contributed by atoms with Crippen LogP contribution in [-0.4, -0.2) is 49.5 Å². The Morgan fingerprint density at radius 1 is 1.18 bits per heavy atom. The van der Waals surface area contributed by atoms with Gasteiger partial charge in [-0.25, -0.2) is 0 Å². The molecule has 1 unspecified atom stereocenters. The van der Waals surface area contributed by atoms with Gasteiger partial charge in [-0.15, -0.1) is 0 Å². The smallest absolute Gasteiger partial charge is 0.123 e. The molecular weight excluding hydrogens is 278 g/mol. The number of hydrogen-bond donors (Lipinski definition) is 1. The third-order valence-corrected chi connectivity index (χ3v) is 3.79. The topological polar surface area (TPSA) is 41.9 Å². The maximum absolute atomic E-state index is 10.1. The van der Waals surface area contributed by atoms with E-state index in [-0.39, 0.29) is 5.41 Å². The molecule has 0 spiro atoms. The van der Waals surface area contributed by atoms with E-state index in [1.54, 1.807) is 7.11 Å². The Balaban J connectivity index is 2.77. The number of hydrogen-bond acceptors (Lipinski definition) is 4. The van der Waals surface area contributed by atoms with E-state index < -0.39 is 6.10 Å². The van der Waals surface area contributed by atoms with Crippen LogP contribution in [0.5, 0.6) is 11.5 Å². The minimum absolute atomic E-state index is 0.0479. The van der Waals surface area contributed by atoms with Crippen LogP contribution in [0.25, 0.3) is 0 Å². The first-order valence-electron chi connectivity index (χ1n) is 8.03. The van der Waals surface area contributed by atoms with Crippen LogP contribution in [0.4, 0.5) is 0 Å². The molecule has 0 heterocycles. The molecule has 0 radical (unpaired) electrons. The fourth-order valence-corrected chi connectivity index (χ4v) is 2.37. The van der Waals surface area contributed by atoms with Crippen LogP contribution < -0.4 is 9.47 Å².